The van der Waals surface area contributed by atoms with Crippen LogP contribution in [-0.4, -0.2) is 24.8 Å². The van der Waals surface area contributed by atoms with Crippen molar-refractivity contribution in [3.63, 3.8) is 0 Å². The molecule has 3 nitrogen and oxygen atoms in total. The van der Waals surface area contributed by atoms with Gasteiger partial charge in [0.15, 0.2) is 0 Å². The molecule has 3 heteroatoms. The van der Waals surface area contributed by atoms with Crippen molar-refractivity contribution in [3.05, 3.63) is 59.7 Å². The van der Waals surface area contributed by atoms with E-state index in [0.717, 1.165) is 17.4 Å². The molecule has 0 aromatic heterocycles. The third kappa shape index (κ3) is 8.62. The summed E-state index contributed by atoms with van der Waals surface area (Å²) in [6.07, 6.45) is 14.6. The smallest absolute Gasteiger partial charge is 0.293 e. The number of rotatable bonds is 14. The Labute approximate surface area is 200 Å². The number of unbranched alkanes of at least 4 members (excludes halogenated alkanes) is 2. The lowest BCUT2D eigenvalue weighted by molar-refractivity contribution is -0.130. The molecule has 0 aliphatic heterocycles. The fraction of sp³-hybridized carbons (Fsp3) is 0.567. The first-order valence-electron chi connectivity index (χ1n) is 13.1. The van der Waals surface area contributed by atoms with Crippen molar-refractivity contribution in [3.8, 4) is 11.1 Å². The summed E-state index contributed by atoms with van der Waals surface area (Å²) in [5.74, 6) is 1.86. The van der Waals surface area contributed by atoms with Gasteiger partial charge in [0, 0.05) is 12.5 Å². The van der Waals surface area contributed by atoms with Crippen molar-refractivity contribution >= 4 is 6.47 Å². The molecule has 1 unspecified atom stereocenters. The summed E-state index contributed by atoms with van der Waals surface area (Å²) in [5, 5.41) is 9.45. The Morgan fingerprint density at radius 2 is 1.45 bits per heavy atom. The largest absolute Gasteiger partial charge is 0.468 e. The molecule has 3 rings (SSSR count). The van der Waals surface area contributed by atoms with Crippen LogP contribution in [0.25, 0.3) is 11.1 Å². The van der Waals surface area contributed by atoms with Crippen LogP contribution in [0, 0.1) is 17.8 Å². The van der Waals surface area contributed by atoms with Gasteiger partial charge in [0.1, 0.15) is 0 Å². The van der Waals surface area contributed by atoms with Gasteiger partial charge < -0.3 is 9.84 Å². The van der Waals surface area contributed by atoms with Gasteiger partial charge in [-0.15, -0.1) is 0 Å². The van der Waals surface area contributed by atoms with Crippen molar-refractivity contribution in [1.29, 1.82) is 0 Å². The highest BCUT2D eigenvalue weighted by Crippen LogP contribution is 2.34. The lowest BCUT2D eigenvalue weighted by Crippen LogP contribution is -2.16. The zero-order chi connectivity index (χ0) is 23.3. The van der Waals surface area contributed by atoms with Crippen molar-refractivity contribution in [2.24, 2.45) is 17.8 Å². The highest BCUT2D eigenvalue weighted by atomic mass is 16.5. The SMILES string of the molecule is CCCCCC1CCC(CCc2ccc(-c3ccc(CC(CO)COC=O)cc3)cc2)CC1. The van der Waals surface area contributed by atoms with E-state index in [-0.39, 0.29) is 19.1 Å². The molecular formula is C30H42O3. The van der Waals surface area contributed by atoms with Gasteiger partial charge in [-0.2, -0.15) is 0 Å². The van der Waals surface area contributed by atoms with E-state index in [4.69, 9.17) is 4.74 Å². The third-order valence-electron chi connectivity index (χ3n) is 7.45. The topological polar surface area (TPSA) is 46.5 Å². The Morgan fingerprint density at radius 3 is 2.00 bits per heavy atom. The molecule has 0 radical (unpaired) electrons. The number of aliphatic hydroxyl groups is 1. The average Bonchev–Trinajstić information content (AvgIpc) is 2.87. The zero-order valence-electron chi connectivity index (χ0n) is 20.4. The highest BCUT2D eigenvalue weighted by Gasteiger charge is 2.20. The molecule has 0 heterocycles. The molecule has 0 saturated heterocycles. The van der Waals surface area contributed by atoms with Crippen LogP contribution in [-0.2, 0) is 22.4 Å². The van der Waals surface area contributed by atoms with Gasteiger partial charge in [-0.05, 0) is 53.4 Å². The fourth-order valence-corrected chi connectivity index (χ4v) is 5.24. The van der Waals surface area contributed by atoms with E-state index >= 15 is 0 Å². The van der Waals surface area contributed by atoms with Crippen molar-refractivity contribution in [2.45, 2.75) is 77.6 Å². The van der Waals surface area contributed by atoms with Crippen LogP contribution in [0.3, 0.4) is 0 Å². The number of aryl methyl sites for hydroxylation is 1. The number of ether oxygens (including phenoxy) is 1. The number of hydrogen-bond acceptors (Lipinski definition) is 3. The molecule has 180 valence electrons. The van der Waals surface area contributed by atoms with Crippen LogP contribution in [0.15, 0.2) is 48.5 Å². The summed E-state index contributed by atoms with van der Waals surface area (Å²) < 4.78 is 4.80. The summed E-state index contributed by atoms with van der Waals surface area (Å²) in [7, 11) is 0. The Kier molecular flexibility index (Phi) is 11.0. The van der Waals surface area contributed by atoms with Crippen LogP contribution >= 0.6 is 0 Å². The number of carbonyl (C=O) groups is 1. The molecule has 1 aliphatic rings. The standard InChI is InChI=1S/C30H42O3/c1-2-3-4-5-24-6-8-25(9-7-24)10-11-26-12-16-29(17-13-26)30-18-14-27(15-19-30)20-28(21-31)22-33-23-32/h12-19,23-25,28,31H,2-11,20-22H2,1H3. The quantitative estimate of drug-likeness (QED) is 0.249. The molecule has 33 heavy (non-hydrogen) atoms. The third-order valence-corrected chi connectivity index (χ3v) is 7.45. The molecule has 0 bridgehead atoms. The Hall–Kier alpha value is -2.13. The summed E-state index contributed by atoms with van der Waals surface area (Å²) in [5.41, 5.74) is 5.03. The molecule has 0 amide bonds. The predicted molar refractivity (Wildman–Crippen MR) is 136 cm³/mol. The van der Waals surface area contributed by atoms with Gasteiger partial charge in [-0.3, -0.25) is 4.79 Å². The summed E-state index contributed by atoms with van der Waals surface area (Å²) >= 11 is 0. The van der Waals surface area contributed by atoms with E-state index in [9.17, 15) is 9.90 Å². The fourth-order valence-electron chi connectivity index (χ4n) is 5.24. The molecule has 2 aromatic carbocycles. The zero-order valence-corrected chi connectivity index (χ0v) is 20.4. The lowest BCUT2D eigenvalue weighted by atomic mass is 9.78. The maximum atomic E-state index is 10.4. The molecule has 1 N–H and O–H groups in total. The minimum Gasteiger partial charge on any atom is -0.468 e. The predicted octanol–water partition coefficient (Wildman–Crippen LogP) is 7.00. The van der Waals surface area contributed by atoms with E-state index < -0.39 is 0 Å². The number of benzene rings is 2. The number of aliphatic hydroxyl groups excluding tert-OH is 1. The second-order valence-corrected chi connectivity index (χ2v) is 10.00. The summed E-state index contributed by atoms with van der Waals surface area (Å²) in [6.45, 7) is 3.00. The Morgan fingerprint density at radius 1 is 0.879 bits per heavy atom. The van der Waals surface area contributed by atoms with Gasteiger partial charge in [0.25, 0.3) is 6.47 Å². The first-order chi connectivity index (χ1) is 16.2. The first-order valence-corrected chi connectivity index (χ1v) is 13.1. The molecule has 2 aromatic rings. The van der Waals surface area contributed by atoms with Crippen LogP contribution in [0.2, 0.25) is 0 Å². The maximum absolute atomic E-state index is 10.4. The molecule has 1 saturated carbocycles. The van der Waals surface area contributed by atoms with Gasteiger partial charge in [0.2, 0.25) is 0 Å². The Bertz CT molecular complexity index is 788. The second kappa shape index (κ2) is 14.2. The molecule has 1 fully saturated rings. The Balaban J connectivity index is 1.43. The van der Waals surface area contributed by atoms with E-state index in [2.05, 4.69) is 55.5 Å². The van der Waals surface area contributed by atoms with Crippen LogP contribution in [0.5, 0.6) is 0 Å². The maximum Gasteiger partial charge on any atom is 0.293 e. The monoisotopic (exact) mass is 450 g/mol. The van der Waals surface area contributed by atoms with Crippen molar-refractivity contribution in [2.75, 3.05) is 13.2 Å². The van der Waals surface area contributed by atoms with E-state index in [1.165, 1.54) is 80.9 Å². The van der Waals surface area contributed by atoms with E-state index in [0.29, 0.717) is 12.9 Å². The number of hydrogen-bond donors (Lipinski definition) is 1. The second-order valence-electron chi connectivity index (χ2n) is 10.00. The number of carbonyl (C=O) groups excluding carboxylic acids is 1. The van der Waals surface area contributed by atoms with Crippen molar-refractivity contribution < 1.29 is 14.6 Å². The minimum atomic E-state index is -0.0589. The van der Waals surface area contributed by atoms with Gasteiger partial charge in [-0.25, -0.2) is 0 Å². The van der Waals surface area contributed by atoms with Gasteiger partial charge >= 0.3 is 0 Å². The normalized spacial score (nSPS) is 19.2. The van der Waals surface area contributed by atoms with Crippen LogP contribution in [0.1, 0.15) is 75.8 Å². The van der Waals surface area contributed by atoms with Crippen molar-refractivity contribution in [1.82, 2.24) is 0 Å². The lowest BCUT2D eigenvalue weighted by Gasteiger charge is -2.28. The summed E-state index contributed by atoms with van der Waals surface area (Å²) in [4.78, 5) is 10.4. The molecule has 1 aliphatic carbocycles. The molecular weight excluding hydrogens is 408 g/mol. The van der Waals surface area contributed by atoms with Gasteiger partial charge in [0.05, 0.1) is 6.61 Å². The van der Waals surface area contributed by atoms with E-state index in [1.54, 1.807) is 0 Å². The van der Waals surface area contributed by atoms with Crippen LogP contribution in [0.4, 0.5) is 0 Å². The average molecular weight is 451 g/mol. The first kappa shape index (κ1) is 25.5. The highest BCUT2D eigenvalue weighted by molar-refractivity contribution is 5.64. The molecule has 1 atom stereocenters. The molecule has 0 spiro atoms. The van der Waals surface area contributed by atoms with Gasteiger partial charge in [-0.1, -0.05) is 107 Å². The minimum absolute atomic E-state index is 0.0114. The summed E-state index contributed by atoms with van der Waals surface area (Å²) in [6, 6.07) is 17.5. The van der Waals surface area contributed by atoms with E-state index in [1.807, 2.05) is 0 Å². The van der Waals surface area contributed by atoms with Crippen LogP contribution < -0.4 is 0 Å².